The first-order valence-corrected chi connectivity index (χ1v) is 24.9. The molecule has 0 spiro atoms. The van der Waals surface area contributed by atoms with Crippen molar-refractivity contribution in [2.24, 2.45) is 0 Å². The molecule has 3 heterocycles. The fraction of sp³-hybridized carbons (Fsp3) is 0.176. The fourth-order valence-electron chi connectivity index (χ4n) is 4.50. The molecule has 0 fully saturated rings. The van der Waals surface area contributed by atoms with Gasteiger partial charge in [0.25, 0.3) is 7.12 Å². The number of nitrogens with zero attached hydrogens (tertiary/aromatic N) is 4. The molecule has 0 aromatic carbocycles. The van der Waals surface area contributed by atoms with E-state index in [1.54, 1.807) is 0 Å². The molecule has 3 aromatic rings. The van der Waals surface area contributed by atoms with E-state index in [4.69, 9.17) is 0 Å². The van der Waals surface area contributed by atoms with Crippen LogP contribution in [0.15, 0.2) is 82.5 Å². The number of rotatable bonds is 14. The molecule has 48 heavy (non-hydrogen) atoms. The lowest BCUT2D eigenvalue weighted by Crippen LogP contribution is -2.49. The maximum Gasteiger partial charge on any atom is 0.363 e. The highest BCUT2D eigenvalue weighted by atomic mass is 32.3. The van der Waals surface area contributed by atoms with Gasteiger partial charge in [-0.05, 0) is 42.1 Å². The van der Waals surface area contributed by atoms with Gasteiger partial charge < -0.3 is 58.7 Å². The first-order chi connectivity index (χ1) is 21.6. The zero-order valence-electron chi connectivity index (χ0n) is 22.9. The van der Waals surface area contributed by atoms with Crippen molar-refractivity contribution in [1.82, 2.24) is 19.9 Å². The number of aromatic nitrogens is 4. The van der Waals surface area contributed by atoms with E-state index in [0.29, 0.717) is 12.1 Å². The Morgan fingerprint density at radius 2 is 1.00 bits per heavy atom. The summed E-state index contributed by atoms with van der Waals surface area (Å²) in [5.74, 6) is 0. The quantitative estimate of drug-likeness (QED) is 0.0622. The van der Waals surface area contributed by atoms with Crippen LogP contribution in [0.2, 0.25) is 0 Å². The molecule has 0 radical (unpaired) electrons. The van der Waals surface area contributed by atoms with E-state index in [0.717, 1.165) is 49.2 Å². The van der Waals surface area contributed by atoms with Gasteiger partial charge >= 0.3 is 45.6 Å². The summed E-state index contributed by atoms with van der Waals surface area (Å²) in [5, 5.41) is -1.17. The molecule has 0 saturated carbocycles. The van der Waals surface area contributed by atoms with Gasteiger partial charge in [-0.1, -0.05) is 11.8 Å². The van der Waals surface area contributed by atoms with E-state index in [1.807, 2.05) is 0 Å². The average Bonchev–Trinajstić information content (AvgIpc) is 2.91. The maximum absolute atomic E-state index is 13.9. The maximum atomic E-state index is 13.9. The van der Waals surface area contributed by atoms with Crippen LogP contribution < -0.4 is 0 Å². The molecule has 1 unspecified atom stereocenters. The SMILES string of the molecule is O=P(O)(O)C(P(=O)(O)O)S(c1cccnc1)(C(Sc1ccncc1)(P(=O)(O)O)P(=O)(O)O)C(Sc1ncccn1)(P(=O)(O)O)P(=O)(O)O. The van der Waals surface area contributed by atoms with Crippen molar-refractivity contribution in [3.8, 4) is 0 Å². The minimum atomic E-state index is -7.28. The van der Waals surface area contributed by atoms with Crippen molar-refractivity contribution < 1.29 is 86.1 Å². The molecule has 0 aliphatic carbocycles. The first kappa shape index (κ1) is 41.7. The Kier molecular flexibility index (Phi) is 12.2. The molecule has 3 aromatic heterocycles. The number of pyridine rings is 2. The van der Waals surface area contributed by atoms with E-state index >= 15 is 0 Å². The van der Waals surface area contributed by atoms with Gasteiger partial charge in [0.15, 0.2) is 5.16 Å². The minimum Gasteiger partial charge on any atom is -0.323 e. The fourth-order valence-corrected chi connectivity index (χ4v) is 39.3. The summed E-state index contributed by atoms with van der Waals surface area (Å²) in [5.41, 5.74) is 0. The smallest absolute Gasteiger partial charge is 0.323 e. The molecular formula is C17H24N4O18P6S3. The molecule has 0 saturated heterocycles. The van der Waals surface area contributed by atoms with Gasteiger partial charge in [-0.15, -0.1) is 10.0 Å². The molecule has 1 atom stereocenters. The normalized spacial score (nSPS) is 16.4. The van der Waals surface area contributed by atoms with Crippen molar-refractivity contribution in [1.29, 1.82) is 0 Å². The third-order valence-electron chi connectivity index (χ3n) is 5.88. The second-order valence-corrected chi connectivity index (χ2v) is 30.2. The number of hydrogen-bond acceptors (Lipinski definition) is 12. The van der Waals surface area contributed by atoms with Crippen molar-refractivity contribution in [2.45, 2.75) is 26.8 Å². The molecule has 0 bridgehead atoms. The van der Waals surface area contributed by atoms with Gasteiger partial charge in [-0.25, -0.2) is 9.97 Å². The molecule has 22 nitrogen and oxygen atoms in total. The standard InChI is InChI=1S/C17H24N4O18P6S3/c22-40(23,24)15(41(25,26)27)48(13-3-1-6-19-11-13,16(42(28,29)30,43(31,32)33)46-12-4-9-18-10-5-12)17(44(34,35)36,45(37,38)39)47-14-20-7-2-8-21-14/h1-11,15H,(H2,22,23,24)(H2,25,26,27)(H2,28,29,30)(H2,31,32,33)(H2,34,35,36)(H2,37,38,39). The number of hydrogen-bond donors (Lipinski definition) is 12. The third kappa shape index (κ3) is 7.19. The molecule has 268 valence electrons. The number of thioether (sulfide) groups is 2. The monoisotopic (exact) mass is 854 g/mol. The van der Waals surface area contributed by atoms with Crippen molar-refractivity contribution in [2.75, 3.05) is 0 Å². The summed E-state index contributed by atoms with van der Waals surface area (Å²) in [4.78, 5) is 143. The van der Waals surface area contributed by atoms with Gasteiger partial charge in [0.05, 0.1) is 0 Å². The summed E-state index contributed by atoms with van der Waals surface area (Å²) in [6, 6.07) is 3.60. The summed E-state index contributed by atoms with van der Waals surface area (Å²) in [6.45, 7) is 0. The second kappa shape index (κ2) is 14.0. The third-order valence-corrected chi connectivity index (χ3v) is 35.5. The Labute approximate surface area is 278 Å². The zero-order chi connectivity index (χ0) is 36.8. The summed E-state index contributed by atoms with van der Waals surface area (Å²) in [6.07, 6.45) is 4.22. The lowest BCUT2D eigenvalue weighted by molar-refractivity contribution is 0.346. The van der Waals surface area contributed by atoms with Gasteiger partial charge in [-0.3, -0.25) is 37.4 Å². The van der Waals surface area contributed by atoms with E-state index in [1.165, 1.54) is 0 Å². The van der Waals surface area contributed by atoms with Crippen molar-refractivity contribution >= 4 is 79.1 Å². The highest BCUT2D eigenvalue weighted by molar-refractivity contribution is 8.62. The Hall–Kier alpha value is -0.670. The van der Waals surface area contributed by atoms with Crippen LogP contribution in [0, 0.1) is 0 Å². The Morgan fingerprint density at radius 3 is 1.38 bits per heavy atom. The van der Waals surface area contributed by atoms with Crippen molar-refractivity contribution in [3.05, 3.63) is 67.5 Å². The van der Waals surface area contributed by atoms with E-state index < -0.39 is 106 Å². The van der Waals surface area contributed by atoms with Gasteiger partial charge in [0, 0.05) is 47.0 Å². The largest absolute Gasteiger partial charge is 0.363 e. The minimum absolute atomic E-state index is 0.188. The van der Waals surface area contributed by atoms with Crippen LogP contribution in [0.5, 0.6) is 0 Å². The van der Waals surface area contributed by atoms with Crippen LogP contribution in [0.4, 0.5) is 0 Å². The molecule has 0 aliphatic rings. The first-order valence-electron chi connectivity index (χ1n) is 11.7. The molecule has 0 aliphatic heterocycles. The highest BCUT2D eigenvalue weighted by Gasteiger charge is 2.89. The lowest BCUT2D eigenvalue weighted by atomic mass is 10.5. The Balaban J connectivity index is 3.11. The predicted octanol–water partition coefficient (Wildman–Crippen LogP) is 1.59. The van der Waals surface area contributed by atoms with Crippen LogP contribution in [0.25, 0.3) is 0 Å². The van der Waals surface area contributed by atoms with Gasteiger partial charge in [0.1, 0.15) is 0 Å². The summed E-state index contributed by atoms with van der Waals surface area (Å²) >= 11 is -1.76. The van der Waals surface area contributed by atoms with Crippen LogP contribution >= 0.6 is 79.1 Å². The summed E-state index contributed by atoms with van der Waals surface area (Å²) in [7, 11) is -50.0. The average molecular weight is 854 g/mol. The zero-order valence-corrected chi connectivity index (χ0v) is 30.8. The lowest BCUT2D eigenvalue weighted by Gasteiger charge is -2.63. The van der Waals surface area contributed by atoms with Crippen LogP contribution in [0.1, 0.15) is 0 Å². The molecular weight excluding hydrogens is 830 g/mol. The van der Waals surface area contributed by atoms with Crippen LogP contribution in [-0.4, -0.2) is 90.5 Å². The van der Waals surface area contributed by atoms with Crippen LogP contribution in [0.3, 0.4) is 0 Å². The predicted molar refractivity (Wildman–Crippen MR) is 170 cm³/mol. The Bertz CT molecular complexity index is 1760. The van der Waals surface area contributed by atoms with Crippen molar-refractivity contribution in [3.63, 3.8) is 0 Å². The molecule has 12 N–H and O–H groups in total. The topological polar surface area (TPSA) is 397 Å². The molecule has 0 amide bonds. The van der Waals surface area contributed by atoms with Crippen LogP contribution in [-0.2, 0) is 27.4 Å². The molecule has 31 heteroatoms. The second-order valence-electron chi connectivity index (χ2n) is 9.04. The van der Waals surface area contributed by atoms with Gasteiger partial charge in [-0.2, -0.15) is 0 Å². The van der Waals surface area contributed by atoms with Gasteiger partial charge in [0.2, 0.25) is 4.73 Å². The Morgan fingerprint density at radius 1 is 0.562 bits per heavy atom. The van der Waals surface area contributed by atoms with E-state index in [2.05, 4.69) is 19.9 Å². The highest BCUT2D eigenvalue weighted by Crippen LogP contribution is 3.08. The van der Waals surface area contributed by atoms with E-state index in [-0.39, 0.29) is 6.20 Å². The summed E-state index contributed by atoms with van der Waals surface area (Å²) < 4.78 is 68.1. The molecule has 3 rings (SSSR count). The van der Waals surface area contributed by atoms with E-state index in [9.17, 15) is 86.1 Å².